The van der Waals surface area contributed by atoms with E-state index in [1.165, 1.54) is 12.1 Å². The van der Waals surface area contributed by atoms with Crippen molar-refractivity contribution in [2.75, 3.05) is 57.9 Å². The molecule has 0 aliphatic carbocycles. The molecule has 2 saturated heterocycles. The highest BCUT2D eigenvalue weighted by Crippen LogP contribution is 2.25. The van der Waals surface area contributed by atoms with E-state index in [2.05, 4.69) is 22.0 Å². The van der Waals surface area contributed by atoms with E-state index >= 15 is 0 Å². The molecule has 0 radical (unpaired) electrons. The van der Waals surface area contributed by atoms with Gasteiger partial charge in [0.25, 0.3) is 0 Å². The van der Waals surface area contributed by atoms with Gasteiger partial charge < -0.3 is 19.9 Å². The first-order valence-electron chi connectivity index (χ1n) is 9.83. The summed E-state index contributed by atoms with van der Waals surface area (Å²) >= 11 is 0. The smallest absolute Gasteiger partial charge is 0.193 e. The summed E-state index contributed by atoms with van der Waals surface area (Å²) in [5.74, 6) is 0.371. The number of methoxy groups -OCH3 is 1. The van der Waals surface area contributed by atoms with Gasteiger partial charge in [0.1, 0.15) is 0 Å². The molecule has 0 aromatic heterocycles. The van der Waals surface area contributed by atoms with Crippen LogP contribution in [0.2, 0.25) is 0 Å². The Balaban J connectivity index is 1.56. The molecule has 0 bridgehead atoms. The zero-order valence-corrected chi connectivity index (χ0v) is 16.3. The summed E-state index contributed by atoms with van der Waals surface area (Å²) in [5.41, 5.74) is 0.745. The lowest BCUT2D eigenvalue weighted by molar-refractivity contribution is 0.157. The summed E-state index contributed by atoms with van der Waals surface area (Å²) in [4.78, 5) is 9.29. The van der Waals surface area contributed by atoms with Crippen LogP contribution in [-0.4, -0.2) is 63.8 Å². The van der Waals surface area contributed by atoms with Crippen molar-refractivity contribution in [3.05, 3.63) is 29.8 Å². The van der Waals surface area contributed by atoms with Crippen molar-refractivity contribution in [2.24, 2.45) is 16.8 Å². The van der Waals surface area contributed by atoms with E-state index in [-0.39, 0.29) is 0 Å². The Labute approximate surface area is 160 Å². The molecular formula is C20H30F2N4O. The molecule has 2 unspecified atom stereocenters. The standard InChI is InChI=1S/C20H30F2N4O/c1-3-23-20(26-9-7-16(13-26)14-27-2)24-11-15-6-8-25(12-15)17-4-5-18(21)19(22)10-17/h4-5,10,15-16H,3,6-9,11-14H2,1-2H3,(H,23,24). The number of hydrogen-bond donors (Lipinski definition) is 1. The molecule has 27 heavy (non-hydrogen) atoms. The number of aliphatic imine (C=N–C) groups is 1. The van der Waals surface area contributed by atoms with Crippen molar-refractivity contribution in [3.63, 3.8) is 0 Å². The summed E-state index contributed by atoms with van der Waals surface area (Å²) in [6, 6.07) is 4.13. The molecule has 0 saturated carbocycles. The van der Waals surface area contributed by atoms with E-state index in [9.17, 15) is 8.78 Å². The minimum Gasteiger partial charge on any atom is -0.384 e. The largest absolute Gasteiger partial charge is 0.384 e. The Morgan fingerprint density at radius 3 is 2.74 bits per heavy atom. The third kappa shape index (κ3) is 5.09. The second kappa shape index (κ2) is 9.35. The molecule has 2 heterocycles. The molecule has 2 aliphatic rings. The van der Waals surface area contributed by atoms with E-state index < -0.39 is 11.6 Å². The number of anilines is 1. The quantitative estimate of drug-likeness (QED) is 0.609. The highest BCUT2D eigenvalue weighted by Gasteiger charge is 2.26. The fourth-order valence-electron chi connectivity index (χ4n) is 3.94. The van der Waals surface area contributed by atoms with E-state index in [4.69, 9.17) is 9.73 Å². The molecule has 150 valence electrons. The van der Waals surface area contributed by atoms with Crippen molar-refractivity contribution in [1.29, 1.82) is 0 Å². The van der Waals surface area contributed by atoms with E-state index in [1.807, 2.05) is 0 Å². The average Bonchev–Trinajstić information content (AvgIpc) is 3.31. The highest BCUT2D eigenvalue weighted by atomic mass is 19.2. The van der Waals surface area contributed by atoms with Gasteiger partial charge in [0, 0.05) is 64.0 Å². The van der Waals surface area contributed by atoms with Gasteiger partial charge in [-0.2, -0.15) is 0 Å². The van der Waals surface area contributed by atoms with Crippen molar-refractivity contribution >= 4 is 11.6 Å². The summed E-state index contributed by atoms with van der Waals surface area (Å²) in [7, 11) is 1.75. The number of nitrogens with zero attached hydrogens (tertiary/aromatic N) is 3. The minimum absolute atomic E-state index is 0.421. The van der Waals surface area contributed by atoms with Gasteiger partial charge >= 0.3 is 0 Å². The molecule has 2 fully saturated rings. The molecule has 1 aromatic carbocycles. The van der Waals surface area contributed by atoms with Crippen LogP contribution < -0.4 is 10.2 Å². The van der Waals surface area contributed by atoms with Gasteiger partial charge in [0.05, 0.1) is 6.61 Å². The summed E-state index contributed by atoms with van der Waals surface area (Å²) in [6.07, 6.45) is 2.14. The van der Waals surface area contributed by atoms with Gasteiger partial charge in [-0.25, -0.2) is 8.78 Å². The Morgan fingerprint density at radius 1 is 1.19 bits per heavy atom. The maximum Gasteiger partial charge on any atom is 0.193 e. The van der Waals surface area contributed by atoms with Crippen LogP contribution in [0.3, 0.4) is 0 Å². The summed E-state index contributed by atoms with van der Waals surface area (Å²) < 4.78 is 31.9. The molecule has 2 atom stereocenters. The van der Waals surface area contributed by atoms with Crippen LogP contribution in [0.15, 0.2) is 23.2 Å². The monoisotopic (exact) mass is 380 g/mol. The highest BCUT2D eigenvalue weighted by molar-refractivity contribution is 5.80. The number of likely N-dealkylation sites (tertiary alicyclic amines) is 1. The fraction of sp³-hybridized carbons (Fsp3) is 0.650. The van der Waals surface area contributed by atoms with Crippen LogP contribution in [0.1, 0.15) is 19.8 Å². The summed E-state index contributed by atoms with van der Waals surface area (Å²) in [5, 5.41) is 3.40. The SMILES string of the molecule is CCNC(=NCC1CCN(c2ccc(F)c(F)c2)C1)N1CCC(COC)C1. The Kier molecular flexibility index (Phi) is 6.88. The maximum atomic E-state index is 13.5. The Hall–Kier alpha value is -1.89. The molecule has 3 rings (SSSR count). The first-order valence-corrected chi connectivity index (χ1v) is 9.83. The van der Waals surface area contributed by atoms with Crippen LogP contribution in [0.4, 0.5) is 14.5 Å². The lowest BCUT2D eigenvalue weighted by atomic mass is 10.1. The minimum atomic E-state index is -0.799. The van der Waals surface area contributed by atoms with E-state index in [1.54, 1.807) is 13.2 Å². The zero-order valence-electron chi connectivity index (χ0n) is 16.3. The van der Waals surface area contributed by atoms with E-state index in [0.717, 1.165) is 70.4 Å². The van der Waals surface area contributed by atoms with Crippen molar-refractivity contribution < 1.29 is 13.5 Å². The number of rotatable bonds is 6. The molecular weight excluding hydrogens is 350 g/mol. The third-order valence-electron chi connectivity index (χ3n) is 5.38. The Morgan fingerprint density at radius 2 is 2.00 bits per heavy atom. The maximum absolute atomic E-state index is 13.5. The number of nitrogens with one attached hydrogen (secondary N) is 1. The second-order valence-electron chi connectivity index (χ2n) is 7.45. The van der Waals surface area contributed by atoms with Gasteiger partial charge in [-0.05, 0) is 37.8 Å². The van der Waals surface area contributed by atoms with Crippen LogP contribution in [0.5, 0.6) is 0 Å². The normalized spacial score (nSPS) is 23.3. The number of guanidine groups is 1. The van der Waals surface area contributed by atoms with Crippen molar-refractivity contribution in [2.45, 2.75) is 19.8 Å². The molecule has 5 nitrogen and oxygen atoms in total. The molecule has 7 heteroatoms. The van der Waals surface area contributed by atoms with Crippen molar-refractivity contribution in [1.82, 2.24) is 10.2 Å². The summed E-state index contributed by atoms with van der Waals surface area (Å²) in [6.45, 7) is 8.11. The molecule has 1 aromatic rings. The number of hydrogen-bond acceptors (Lipinski definition) is 3. The predicted molar refractivity (Wildman–Crippen MR) is 104 cm³/mol. The fourth-order valence-corrected chi connectivity index (χ4v) is 3.94. The second-order valence-corrected chi connectivity index (χ2v) is 7.45. The van der Waals surface area contributed by atoms with Crippen LogP contribution >= 0.6 is 0 Å². The molecule has 0 amide bonds. The number of halogens is 2. The average molecular weight is 380 g/mol. The lowest BCUT2D eigenvalue weighted by Crippen LogP contribution is -2.40. The van der Waals surface area contributed by atoms with Gasteiger partial charge in [0.2, 0.25) is 0 Å². The van der Waals surface area contributed by atoms with Crippen molar-refractivity contribution in [3.8, 4) is 0 Å². The van der Waals surface area contributed by atoms with Gasteiger partial charge in [-0.15, -0.1) is 0 Å². The van der Waals surface area contributed by atoms with Gasteiger partial charge in [-0.1, -0.05) is 0 Å². The van der Waals surface area contributed by atoms with Crippen LogP contribution in [-0.2, 0) is 4.74 Å². The van der Waals surface area contributed by atoms with Crippen LogP contribution in [0, 0.1) is 23.5 Å². The predicted octanol–water partition coefficient (Wildman–Crippen LogP) is 2.72. The topological polar surface area (TPSA) is 40.1 Å². The first-order chi connectivity index (χ1) is 13.1. The number of benzene rings is 1. The Bertz CT molecular complexity index is 655. The molecule has 2 aliphatic heterocycles. The van der Waals surface area contributed by atoms with Gasteiger partial charge in [-0.3, -0.25) is 4.99 Å². The van der Waals surface area contributed by atoms with Gasteiger partial charge in [0.15, 0.2) is 17.6 Å². The lowest BCUT2D eigenvalue weighted by Gasteiger charge is -2.22. The van der Waals surface area contributed by atoms with E-state index in [0.29, 0.717) is 11.8 Å². The first kappa shape index (κ1) is 19.9. The number of ether oxygens (including phenoxy) is 1. The molecule has 1 N–H and O–H groups in total. The zero-order chi connectivity index (χ0) is 19.2. The van der Waals surface area contributed by atoms with Crippen LogP contribution in [0.25, 0.3) is 0 Å². The molecule has 0 spiro atoms. The third-order valence-corrected chi connectivity index (χ3v) is 5.38.